The maximum atomic E-state index is 9.75. The zero-order valence-corrected chi connectivity index (χ0v) is 24.3. The Labute approximate surface area is 235 Å². The standard InChI is InChI=1S/C29H45N3O3.2ClH/c1-31(2)18-26-28(34-20-22-7-8-22)12-10-25-27(30-35-29(25)26)11-9-21-13-15-32(16-14-21)17-23-5-3-4-6-24(23)19-33;;/h10,12,21-24,33H,3-9,11,13-20H2,1-2H3;2*1H/t23-,24+;;/m0../s1. The van der Waals surface area contributed by atoms with Crippen LogP contribution < -0.4 is 4.74 Å². The van der Waals surface area contributed by atoms with E-state index in [1.54, 1.807) is 0 Å². The Hall–Kier alpha value is -1.05. The lowest BCUT2D eigenvalue weighted by Crippen LogP contribution is -2.40. The molecule has 1 aliphatic heterocycles. The fourth-order valence-electron chi connectivity index (χ4n) is 6.26. The van der Waals surface area contributed by atoms with Crippen molar-refractivity contribution in [2.24, 2.45) is 23.7 Å². The molecule has 0 bridgehead atoms. The summed E-state index contributed by atoms with van der Waals surface area (Å²) in [4.78, 5) is 4.84. The zero-order chi connectivity index (χ0) is 24.2. The highest BCUT2D eigenvalue weighted by Gasteiger charge is 2.29. The van der Waals surface area contributed by atoms with E-state index in [-0.39, 0.29) is 24.8 Å². The van der Waals surface area contributed by atoms with E-state index in [1.807, 2.05) is 0 Å². The van der Waals surface area contributed by atoms with Crippen LogP contribution >= 0.6 is 24.8 Å². The number of hydrogen-bond acceptors (Lipinski definition) is 6. The van der Waals surface area contributed by atoms with Crippen LogP contribution in [0.2, 0.25) is 0 Å². The highest BCUT2D eigenvalue weighted by atomic mass is 35.5. The number of nitrogens with zero attached hydrogens (tertiary/aromatic N) is 3. The number of aliphatic hydroxyl groups excluding tert-OH is 1. The normalized spacial score (nSPS) is 23.1. The first kappa shape index (κ1) is 30.5. The molecule has 0 amide bonds. The van der Waals surface area contributed by atoms with Crippen LogP contribution in [0, 0.1) is 23.7 Å². The summed E-state index contributed by atoms with van der Waals surface area (Å²) in [6.07, 6.45) is 12.5. The second-order valence-electron chi connectivity index (χ2n) is 11.8. The summed E-state index contributed by atoms with van der Waals surface area (Å²) in [6, 6.07) is 4.29. The fourth-order valence-corrected chi connectivity index (χ4v) is 6.26. The molecule has 1 aromatic carbocycles. The maximum Gasteiger partial charge on any atom is 0.175 e. The van der Waals surface area contributed by atoms with E-state index in [4.69, 9.17) is 9.26 Å². The first-order valence-corrected chi connectivity index (χ1v) is 14.1. The van der Waals surface area contributed by atoms with Crippen molar-refractivity contribution in [2.75, 3.05) is 46.9 Å². The van der Waals surface area contributed by atoms with Gasteiger partial charge in [0.25, 0.3) is 0 Å². The minimum Gasteiger partial charge on any atom is -0.493 e. The van der Waals surface area contributed by atoms with Gasteiger partial charge in [-0.25, -0.2) is 0 Å². The number of piperidine rings is 1. The molecule has 1 saturated heterocycles. The Kier molecular flexibility index (Phi) is 11.8. The van der Waals surface area contributed by atoms with Crippen LogP contribution in [0.5, 0.6) is 5.75 Å². The summed E-state index contributed by atoms with van der Waals surface area (Å²) < 4.78 is 12.1. The largest absolute Gasteiger partial charge is 0.493 e. The van der Waals surface area contributed by atoms with Gasteiger partial charge in [0.1, 0.15) is 5.75 Å². The van der Waals surface area contributed by atoms with Crippen molar-refractivity contribution >= 4 is 35.8 Å². The molecule has 3 fully saturated rings. The number of fused-ring (bicyclic) bond motifs is 1. The molecule has 2 saturated carbocycles. The van der Waals surface area contributed by atoms with Gasteiger partial charge in [0.05, 0.1) is 17.9 Å². The van der Waals surface area contributed by atoms with E-state index in [9.17, 15) is 5.11 Å². The predicted molar refractivity (Wildman–Crippen MR) is 154 cm³/mol. The fraction of sp³-hybridized carbons (Fsp3) is 0.759. The van der Waals surface area contributed by atoms with Crippen LogP contribution in [-0.4, -0.2) is 67.0 Å². The molecule has 8 heteroatoms. The van der Waals surface area contributed by atoms with E-state index in [0.717, 1.165) is 59.4 Å². The number of aromatic nitrogens is 1. The Bertz CT molecular complexity index is 957. The Balaban J connectivity index is 0.00000190. The summed E-state index contributed by atoms with van der Waals surface area (Å²) in [7, 11) is 4.18. The Morgan fingerprint density at radius 3 is 2.41 bits per heavy atom. The Morgan fingerprint density at radius 1 is 1.00 bits per heavy atom. The first-order chi connectivity index (χ1) is 17.1. The van der Waals surface area contributed by atoms with E-state index < -0.39 is 0 Å². The zero-order valence-electron chi connectivity index (χ0n) is 22.7. The van der Waals surface area contributed by atoms with Gasteiger partial charge in [-0.15, -0.1) is 24.8 Å². The molecule has 0 radical (unpaired) electrons. The summed E-state index contributed by atoms with van der Waals surface area (Å²) in [5.74, 6) is 3.67. The van der Waals surface area contributed by atoms with Gasteiger partial charge in [-0.1, -0.05) is 18.0 Å². The molecule has 2 heterocycles. The molecule has 1 aromatic heterocycles. The molecule has 37 heavy (non-hydrogen) atoms. The van der Waals surface area contributed by atoms with Crippen LogP contribution in [0.15, 0.2) is 16.7 Å². The number of ether oxygens (including phenoxy) is 1. The van der Waals surface area contributed by atoms with Gasteiger partial charge in [-0.2, -0.15) is 0 Å². The number of benzene rings is 1. The molecule has 3 aliphatic rings. The van der Waals surface area contributed by atoms with Gasteiger partial charge in [0, 0.05) is 25.1 Å². The van der Waals surface area contributed by atoms with E-state index >= 15 is 0 Å². The molecule has 210 valence electrons. The number of likely N-dealkylation sites (tertiary alicyclic amines) is 1. The minimum atomic E-state index is 0. The second-order valence-corrected chi connectivity index (χ2v) is 11.8. The van der Waals surface area contributed by atoms with Crippen molar-refractivity contribution in [1.82, 2.24) is 15.0 Å². The molecule has 5 rings (SSSR count). The van der Waals surface area contributed by atoms with Crippen LogP contribution in [0.25, 0.3) is 11.0 Å². The van der Waals surface area contributed by atoms with Gasteiger partial charge >= 0.3 is 0 Å². The molecule has 2 aliphatic carbocycles. The molecule has 2 aromatic rings. The highest BCUT2D eigenvalue weighted by Crippen LogP contribution is 2.35. The van der Waals surface area contributed by atoms with Crippen molar-refractivity contribution in [2.45, 2.75) is 70.8 Å². The van der Waals surface area contributed by atoms with Gasteiger partial charge in [0.15, 0.2) is 5.58 Å². The third kappa shape index (κ3) is 7.98. The van der Waals surface area contributed by atoms with Crippen molar-refractivity contribution in [1.29, 1.82) is 0 Å². The topological polar surface area (TPSA) is 62.0 Å². The van der Waals surface area contributed by atoms with Crippen LogP contribution in [-0.2, 0) is 13.0 Å². The van der Waals surface area contributed by atoms with Crippen LogP contribution in [0.4, 0.5) is 0 Å². The van der Waals surface area contributed by atoms with Crippen molar-refractivity contribution in [3.63, 3.8) is 0 Å². The quantitative estimate of drug-likeness (QED) is 0.368. The Morgan fingerprint density at radius 2 is 1.73 bits per heavy atom. The third-order valence-electron chi connectivity index (χ3n) is 8.71. The molecule has 6 nitrogen and oxygen atoms in total. The number of hydrogen-bond donors (Lipinski definition) is 1. The van der Waals surface area contributed by atoms with Crippen molar-refractivity contribution < 1.29 is 14.4 Å². The summed E-state index contributed by atoms with van der Waals surface area (Å²) in [5, 5.41) is 15.4. The molecular formula is C29H47Cl2N3O3. The SMILES string of the molecule is CN(C)Cc1c(OCC2CC2)ccc2c(CCC3CCN(C[C@@H]4CCCC[C@@H]4CO)CC3)noc12.Cl.Cl. The number of halogens is 2. The van der Waals surface area contributed by atoms with Crippen molar-refractivity contribution in [3.05, 3.63) is 23.4 Å². The van der Waals surface area contributed by atoms with Crippen LogP contribution in [0.3, 0.4) is 0 Å². The lowest BCUT2D eigenvalue weighted by Gasteiger charge is -2.38. The van der Waals surface area contributed by atoms with E-state index in [2.05, 4.69) is 41.2 Å². The summed E-state index contributed by atoms with van der Waals surface area (Å²) >= 11 is 0. The third-order valence-corrected chi connectivity index (χ3v) is 8.71. The van der Waals surface area contributed by atoms with Crippen molar-refractivity contribution in [3.8, 4) is 5.75 Å². The monoisotopic (exact) mass is 555 g/mol. The van der Waals surface area contributed by atoms with Gasteiger partial charge in [-0.05, 0) is 114 Å². The molecule has 0 spiro atoms. The van der Waals surface area contributed by atoms with Gasteiger partial charge < -0.3 is 24.2 Å². The average molecular weight is 557 g/mol. The minimum absolute atomic E-state index is 0. The van der Waals surface area contributed by atoms with Crippen LogP contribution in [0.1, 0.15) is 69.0 Å². The highest BCUT2D eigenvalue weighted by molar-refractivity contribution is 5.86. The van der Waals surface area contributed by atoms with Gasteiger partial charge in [-0.3, -0.25) is 0 Å². The molecule has 2 atom stereocenters. The smallest absolute Gasteiger partial charge is 0.175 e. The van der Waals surface area contributed by atoms with Gasteiger partial charge in [0.2, 0.25) is 0 Å². The number of aliphatic hydroxyl groups is 1. The molecule has 1 N–H and O–H groups in total. The summed E-state index contributed by atoms with van der Waals surface area (Å²) in [5.41, 5.74) is 3.14. The van der Waals surface area contributed by atoms with E-state index in [0.29, 0.717) is 18.4 Å². The second kappa shape index (κ2) is 14.4. The van der Waals surface area contributed by atoms with E-state index in [1.165, 1.54) is 77.4 Å². The summed E-state index contributed by atoms with van der Waals surface area (Å²) in [6.45, 7) is 5.57. The molecule has 0 unspecified atom stereocenters. The molecular weight excluding hydrogens is 509 g/mol. The predicted octanol–water partition coefficient (Wildman–Crippen LogP) is 5.97. The maximum absolute atomic E-state index is 9.75. The lowest BCUT2D eigenvalue weighted by molar-refractivity contribution is 0.0826. The number of aryl methyl sites for hydroxylation is 1. The average Bonchev–Trinajstić information content (AvgIpc) is 3.61. The lowest BCUT2D eigenvalue weighted by atomic mass is 9.79. The number of rotatable bonds is 11. The first-order valence-electron chi connectivity index (χ1n) is 14.1.